The van der Waals surface area contributed by atoms with Gasteiger partial charge in [0.1, 0.15) is 5.54 Å². The van der Waals surface area contributed by atoms with Gasteiger partial charge in [0.2, 0.25) is 0 Å². The molecule has 0 spiro atoms. The first kappa shape index (κ1) is 16.4. The van der Waals surface area contributed by atoms with Gasteiger partial charge >= 0.3 is 0 Å². The minimum absolute atomic E-state index is 0.0490. The lowest BCUT2D eigenvalue weighted by Crippen LogP contribution is -2.50. The largest absolute Gasteiger partial charge is 0.300 e. The molecule has 110 valence electrons. The van der Waals surface area contributed by atoms with E-state index in [1.165, 1.54) is 0 Å². The van der Waals surface area contributed by atoms with E-state index >= 15 is 0 Å². The molecule has 2 unspecified atom stereocenters. The number of nitrogens with one attached hydrogen (secondary N) is 1. The van der Waals surface area contributed by atoms with Crippen molar-refractivity contribution in [2.45, 2.75) is 45.2 Å². The molecular formula is C13H25N3O2S. The third kappa shape index (κ3) is 5.09. The lowest BCUT2D eigenvalue weighted by atomic mass is 9.99. The van der Waals surface area contributed by atoms with E-state index in [0.717, 1.165) is 19.5 Å². The van der Waals surface area contributed by atoms with Gasteiger partial charge in [0.15, 0.2) is 9.84 Å². The van der Waals surface area contributed by atoms with Gasteiger partial charge in [-0.1, -0.05) is 6.92 Å². The maximum absolute atomic E-state index is 11.5. The van der Waals surface area contributed by atoms with Crippen LogP contribution in [0.2, 0.25) is 0 Å². The Morgan fingerprint density at radius 1 is 1.53 bits per heavy atom. The van der Waals surface area contributed by atoms with Crippen molar-refractivity contribution in [1.29, 1.82) is 5.26 Å². The Hall–Kier alpha value is -0.640. The van der Waals surface area contributed by atoms with Crippen molar-refractivity contribution in [3.8, 4) is 6.07 Å². The van der Waals surface area contributed by atoms with Crippen LogP contribution in [-0.2, 0) is 9.84 Å². The molecule has 0 aromatic rings. The van der Waals surface area contributed by atoms with Crippen LogP contribution in [-0.4, -0.2) is 56.0 Å². The number of rotatable bonds is 6. The van der Waals surface area contributed by atoms with Crippen molar-refractivity contribution in [2.24, 2.45) is 0 Å². The number of nitrogens with zero attached hydrogens (tertiary/aromatic N) is 2. The summed E-state index contributed by atoms with van der Waals surface area (Å²) in [5.41, 5.74) is -0.522. The van der Waals surface area contributed by atoms with E-state index in [2.05, 4.69) is 23.2 Å². The molecule has 0 aromatic heterocycles. The molecule has 6 heteroatoms. The minimum atomic E-state index is -2.86. The molecule has 5 nitrogen and oxygen atoms in total. The van der Waals surface area contributed by atoms with Crippen LogP contribution in [0.4, 0.5) is 0 Å². The highest BCUT2D eigenvalue weighted by Gasteiger charge is 2.30. The van der Waals surface area contributed by atoms with E-state index in [-0.39, 0.29) is 17.5 Å². The van der Waals surface area contributed by atoms with Gasteiger partial charge in [-0.25, -0.2) is 8.42 Å². The van der Waals surface area contributed by atoms with E-state index in [4.69, 9.17) is 0 Å². The lowest BCUT2D eigenvalue weighted by molar-refractivity contribution is 0.206. The normalized spacial score (nSPS) is 26.5. The smallest absolute Gasteiger partial charge is 0.153 e. The highest BCUT2D eigenvalue weighted by atomic mass is 32.2. The molecule has 0 amide bonds. The second-order valence-electron chi connectivity index (χ2n) is 5.62. The van der Waals surface area contributed by atoms with Crippen molar-refractivity contribution in [3.05, 3.63) is 0 Å². The van der Waals surface area contributed by atoms with Crippen LogP contribution in [0.3, 0.4) is 0 Å². The summed E-state index contributed by atoms with van der Waals surface area (Å²) in [7, 11) is -2.86. The number of hydrogen-bond donors (Lipinski definition) is 1. The average molecular weight is 287 g/mol. The van der Waals surface area contributed by atoms with Crippen LogP contribution in [0, 0.1) is 11.3 Å². The number of sulfone groups is 1. The first-order valence-corrected chi connectivity index (χ1v) is 8.75. The Morgan fingerprint density at radius 2 is 2.21 bits per heavy atom. The molecular weight excluding hydrogens is 262 g/mol. The molecule has 1 heterocycles. The van der Waals surface area contributed by atoms with Crippen molar-refractivity contribution in [2.75, 3.05) is 31.1 Å². The molecule has 1 aliphatic rings. The van der Waals surface area contributed by atoms with Crippen LogP contribution in [0.25, 0.3) is 0 Å². The molecule has 0 saturated carbocycles. The topological polar surface area (TPSA) is 73.2 Å². The third-order valence-electron chi connectivity index (χ3n) is 3.72. The number of hydrogen-bond acceptors (Lipinski definition) is 5. The van der Waals surface area contributed by atoms with Gasteiger partial charge in [-0.2, -0.15) is 5.26 Å². The zero-order valence-corrected chi connectivity index (χ0v) is 13.0. The summed E-state index contributed by atoms with van der Waals surface area (Å²) < 4.78 is 23.0. The standard InChI is InChI=1S/C13H25N3O2S/c1-4-6-15-13(3,11-14)5-7-16-8-9-19(17,18)10-12(16)2/h12,15H,4-10H2,1-3H3. The zero-order chi connectivity index (χ0) is 14.5. The molecule has 1 N–H and O–H groups in total. The molecule has 0 aromatic carbocycles. The van der Waals surface area contributed by atoms with Crippen molar-refractivity contribution in [3.63, 3.8) is 0 Å². The van der Waals surface area contributed by atoms with Crippen LogP contribution in [0.1, 0.15) is 33.6 Å². The average Bonchev–Trinajstić information content (AvgIpc) is 2.34. The fourth-order valence-corrected chi connectivity index (χ4v) is 3.94. The van der Waals surface area contributed by atoms with Gasteiger partial charge in [0.05, 0.1) is 17.6 Å². The second kappa shape index (κ2) is 6.69. The van der Waals surface area contributed by atoms with E-state index in [1.807, 2.05) is 13.8 Å². The summed E-state index contributed by atoms with van der Waals surface area (Å²) in [6.45, 7) is 8.10. The second-order valence-corrected chi connectivity index (χ2v) is 7.85. The Labute approximate surface area is 116 Å². The molecule has 0 radical (unpaired) electrons. The van der Waals surface area contributed by atoms with Crippen LogP contribution in [0.15, 0.2) is 0 Å². The monoisotopic (exact) mass is 287 g/mol. The van der Waals surface area contributed by atoms with Gasteiger partial charge in [-0.3, -0.25) is 10.2 Å². The Balaban J connectivity index is 2.50. The molecule has 1 saturated heterocycles. The first-order chi connectivity index (χ1) is 8.82. The highest BCUT2D eigenvalue weighted by Crippen LogP contribution is 2.15. The summed E-state index contributed by atoms with van der Waals surface area (Å²) in [6.07, 6.45) is 1.71. The summed E-state index contributed by atoms with van der Waals surface area (Å²) in [6, 6.07) is 2.38. The van der Waals surface area contributed by atoms with Crippen molar-refractivity contribution in [1.82, 2.24) is 10.2 Å². The first-order valence-electron chi connectivity index (χ1n) is 6.92. The molecule has 2 atom stereocenters. The summed E-state index contributed by atoms with van der Waals surface area (Å²) in [5.74, 6) is 0.474. The molecule has 1 aliphatic heterocycles. The van der Waals surface area contributed by atoms with E-state index < -0.39 is 15.4 Å². The van der Waals surface area contributed by atoms with Gasteiger partial charge in [0.25, 0.3) is 0 Å². The molecule has 19 heavy (non-hydrogen) atoms. The summed E-state index contributed by atoms with van der Waals surface area (Å²) in [5, 5.41) is 12.5. The summed E-state index contributed by atoms with van der Waals surface area (Å²) >= 11 is 0. The molecule has 1 fully saturated rings. The Morgan fingerprint density at radius 3 is 2.74 bits per heavy atom. The zero-order valence-electron chi connectivity index (χ0n) is 12.1. The predicted molar refractivity (Wildman–Crippen MR) is 76.6 cm³/mol. The van der Waals surface area contributed by atoms with Gasteiger partial charge in [-0.15, -0.1) is 0 Å². The predicted octanol–water partition coefficient (Wildman–Crippen LogP) is 0.777. The van der Waals surface area contributed by atoms with Crippen LogP contribution in [0.5, 0.6) is 0 Å². The van der Waals surface area contributed by atoms with E-state index in [9.17, 15) is 13.7 Å². The molecule has 1 rings (SSSR count). The maximum atomic E-state index is 11.5. The van der Waals surface area contributed by atoms with Gasteiger partial charge in [0, 0.05) is 19.1 Å². The third-order valence-corrected chi connectivity index (χ3v) is 5.51. The minimum Gasteiger partial charge on any atom is -0.300 e. The van der Waals surface area contributed by atoms with E-state index in [1.54, 1.807) is 0 Å². The Bertz CT molecular complexity index is 430. The summed E-state index contributed by atoms with van der Waals surface area (Å²) in [4.78, 5) is 2.17. The van der Waals surface area contributed by atoms with Crippen molar-refractivity contribution >= 4 is 9.84 Å². The molecule has 0 aliphatic carbocycles. The lowest BCUT2D eigenvalue weighted by Gasteiger charge is -2.35. The van der Waals surface area contributed by atoms with Crippen LogP contribution >= 0.6 is 0 Å². The van der Waals surface area contributed by atoms with Gasteiger partial charge in [-0.05, 0) is 33.2 Å². The van der Waals surface area contributed by atoms with Gasteiger partial charge < -0.3 is 0 Å². The fraction of sp³-hybridized carbons (Fsp3) is 0.923. The SMILES string of the molecule is CCCNC(C)(C#N)CCN1CCS(=O)(=O)CC1C. The number of nitriles is 1. The van der Waals surface area contributed by atoms with Crippen molar-refractivity contribution < 1.29 is 8.42 Å². The molecule has 0 bridgehead atoms. The fourth-order valence-electron chi connectivity index (χ4n) is 2.32. The van der Waals surface area contributed by atoms with Crippen LogP contribution < -0.4 is 5.32 Å². The Kier molecular flexibility index (Phi) is 5.78. The highest BCUT2D eigenvalue weighted by molar-refractivity contribution is 7.91. The maximum Gasteiger partial charge on any atom is 0.153 e. The quantitative estimate of drug-likeness (QED) is 0.781. The van der Waals surface area contributed by atoms with E-state index in [0.29, 0.717) is 13.0 Å².